The Hall–Kier alpha value is -1.62. The minimum atomic E-state index is 0.648. The third-order valence-corrected chi connectivity index (χ3v) is 1.33. The molecule has 1 aromatic rings. The van der Waals surface area contributed by atoms with E-state index in [1.54, 1.807) is 14.0 Å². The largest absolute Gasteiger partial charge is 0.493 e. The van der Waals surface area contributed by atoms with Crippen molar-refractivity contribution in [1.29, 1.82) is 0 Å². The molecule has 0 saturated carbocycles. The number of ether oxygens (including phenoxy) is 2. The second-order valence-corrected chi connectivity index (χ2v) is 2.10. The van der Waals surface area contributed by atoms with Gasteiger partial charge in [-0.2, -0.15) is 0 Å². The van der Waals surface area contributed by atoms with E-state index in [4.69, 9.17) is 9.47 Å². The topological polar surface area (TPSA) is 18.5 Å². The summed E-state index contributed by atoms with van der Waals surface area (Å²) in [6.45, 7) is 1.72. The molecule has 0 atom stereocenters. The number of methoxy groups -OCH3 is 1. The number of hydrogen-bond donors (Lipinski definition) is 0. The molecule has 2 nitrogen and oxygen atoms in total. The SMILES string of the molecule is CC#COc1ccccc1OC. The highest BCUT2D eigenvalue weighted by atomic mass is 16.5. The van der Waals surface area contributed by atoms with Crippen LogP contribution in [0.1, 0.15) is 6.92 Å². The van der Waals surface area contributed by atoms with Gasteiger partial charge < -0.3 is 9.47 Å². The summed E-state index contributed by atoms with van der Waals surface area (Å²) in [7, 11) is 1.60. The minimum Gasteiger partial charge on any atom is -0.493 e. The fourth-order valence-electron chi connectivity index (χ4n) is 0.809. The molecule has 0 unspecified atom stereocenters. The third-order valence-electron chi connectivity index (χ3n) is 1.33. The molecule has 0 aliphatic carbocycles. The Balaban J connectivity index is 2.86. The molecule has 1 aromatic carbocycles. The number of para-hydroxylation sites is 2. The molecule has 62 valence electrons. The van der Waals surface area contributed by atoms with Gasteiger partial charge in [-0.1, -0.05) is 18.1 Å². The zero-order chi connectivity index (χ0) is 8.81. The molecule has 0 aliphatic heterocycles. The standard InChI is InChI=1S/C10H10O2/c1-3-8-12-10-7-5-4-6-9(10)11-2/h4-7H,1-2H3. The van der Waals surface area contributed by atoms with E-state index < -0.39 is 0 Å². The highest BCUT2D eigenvalue weighted by Gasteiger charge is 1.99. The van der Waals surface area contributed by atoms with Gasteiger partial charge >= 0.3 is 0 Å². The lowest BCUT2D eigenvalue weighted by molar-refractivity contribution is 0.386. The van der Waals surface area contributed by atoms with Gasteiger partial charge in [0.15, 0.2) is 11.5 Å². The van der Waals surface area contributed by atoms with E-state index in [9.17, 15) is 0 Å². The van der Waals surface area contributed by atoms with E-state index in [0.717, 1.165) is 0 Å². The van der Waals surface area contributed by atoms with Gasteiger partial charge in [0.2, 0.25) is 0 Å². The van der Waals surface area contributed by atoms with Crippen LogP contribution in [0.5, 0.6) is 11.5 Å². The van der Waals surface area contributed by atoms with Gasteiger partial charge in [-0.05, 0) is 12.1 Å². The van der Waals surface area contributed by atoms with Crippen LogP contribution >= 0.6 is 0 Å². The summed E-state index contributed by atoms with van der Waals surface area (Å²) >= 11 is 0. The van der Waals surface area contributed by atoms with Gasteiger partial charge in [0, 0.05) is 6.92 Å². The van der Waals surface area contributed by atoms with Gasteiger partial charge in [-0.25, -0.2) is 0 Å². The number of benzene rings is 1. The van der Waals surface area contributed by atoms with E-state index in [1.807, 2.05) is 24.3 Å². The fourth-order valence-corrected chi connectivity index (χ4v) is 0.809. The molecule has 1 rings (SSSR count). The Morgan fingerprint density at radius 1 is 1.17 bits per heavy atom. The van der Waals surface area contributed by atoms with Crippen LogP contribution in [0, 0.1) is 12.0 Å². The van der Waals surface area contributed by atoms with Crippen LogP contribution in [-0.4, -0.2) is 7.11 Å². The predicted molar refractivity (Wildman–Crippen MR) is 47.1 cm³/mol. The first-order chi connectivity index (χ1) is 5.88. The van der Waals surface area contributed by atoms with Crippen LogP contribution in [0.3, 0.4) is 0 Å². The van der Waals surface area contributed by atoms with E-state index >= 15 is 0 Å². The van der Waals surface area contributed by atoms with Crippen molar-refractivity contribution in [3.05, 3.63) is 24.3 Å². The summed E-state index contributed by atoms with van der Waals surface area (Å²) in [4.78, 5) is 0. The number of rotatable bonds is 2. The summed E-state index contributed by atoms with van der Waals surface area (Å²) in [5.41, 5.74) is 0. The van der Waals surface area contributed by atoms with Crippen LogP contribution in [0.2, 0.25) is 0 Å². The Morgan fingerprint density at radius 3 is 2.42 bits per heavy atom. The smallest absolute Gasteiger partial charge is 0.182 e. The zero-order valence-electron chi connectivity index (χ0n) is 7.13. The molecular weight excluding hydrogens is 152 g/mol. The van der Waals surface area contributed by atoms with Crippen LogP contribution in [0.4, 0.5) is 0 Å². The quantitative estimate of drug-likeness (QED) is 0.619. The van der Waals surface area contributed by atoms with Crippen molar-refractivity contribution < 1.29 is 9.47 Å². The Kier molecular flexibility index (Phi) is 3.04. The average molecular weight is 162 g/mol. The molecule has 0 saturated heterocycles. The molecule has 2 heteroatoms. The molecule has 0 spiro atoms. The summed E-state index contributed by atoms with van der Waals surface area (Å²) < 4.78 is 10.1. The summed E-state index contributed by atoms with van der Waals surface area (Å²) in [5.74, 6) is 3.98. The van der Waals surface area contributed by atoms with E-state index in [0.29, 0.717) is 11.5 Å². The summed E-state index contributed by atoms with van der Waals surface area (Å²) in [6, 6.07) is 7.39. The predicted octanol–water partition coefficient (Wildman–Crippen LogP) is 2.05. The van der Waals surface area contributed by atoms with E-state index in [1.165, 1.54) is 0 Å². The van der Waals surface area contributed by atoms with Gasteiger partial charge in [-0.3, -0.25) is 0 Å². The fraction of sp³-hybridized carbons (Fsp3) is 0.200. The van der Waals surface area contributed by atoms with Crippen molar-refractivity contribution in [2.45, 2.75) is 6.92 Å². The van der Waals surface area contributed by atoms with Crippen molar-refractivity contribution >= 4 is 0 Å². The van der Waals surface area contributed by atoms with E-state index in [-0.39, 0.29) is 0 Å². The maximum absolute atomic E-state index is 5.09. The first kappa shape index (κ1) is 8.48. The van der Waals surface area contributed by atoms with Crippen LogP contribution < -0.4 is 9.47 Å². The van der Waals surface area contributed by atoms with Gasteiger partial charge in [0.25, 0.3) is 0 Å². The molecule has 0 bridgehead atoms. The summed E-state index contributed by atoms with van der Waals surface area (Å²) in [6.07, 6.45) is 2.51. The lowest BCUT2D eigenvalue weighted by atomic mass is 10.3. The molecule has 0 amide bonds. The average Bonchev–Trinajstić information content (AvgIpc) is 2.15. The Morgan fingerprint density at radius 2 is 1.83 bits per heavy atom. The maximum Gasteiger partial charge on any atom is 0.182 e. The lowest BCUT2D eigenvalue weighted by Crippen LogP contribution is -1.88. The highest BCUT2D eigenvalue weighted by molar-refractivity contribution is 5.40. The minimum absolute atomic E-state index is 0.648. The van der Waals surface area contributed by atoms with Crippen LogP contribution in [0.15, 0.2) is 24.3 Å². The van der Waals surface area contributed by atoms with Crippen molar-refractivity contribution in [2.24, 2.45) is 0 Å². The van der Waals surface area contributed by atoms with Crippen molar-refractivity contribution in [2.75, 3.05) is 7.11 Å². The highest BCUT2D eigenvalue weighted by Crippen LogP contribution is 2.25. The molecule has 12 heavy (non-hydrogen) atoms. The maximum atomic E-state index is 5.09. The first-order valence-electron chi connectivity index (χ1n) is 3.60. The first-order valence-corrected chi connectivity index (χ1v) is 3.60. The second-order valence-electron chi connectivity index (χ2n) is 2.10. The van der Waals surface area contributed by atoms with Crippen molar-refractivity contribution in [1.82, 2.24) is 0 Å². The molecule has 0 aliphatic rings. The third kappa shape index (κ3) is 1.93. The lowest BCUT2D eigenvalue weighted by Gasteiger charge is -2.03. The molecule has 0 aromatic heterocycles. The molecule has 0 fully saturated rings. The molecule has 0 radical (unpaired) electrons. The van der Waals surface area contributed by atoms with Crippen LogP contribution in [-0.2, 0) is 0 Å². The van der Waals surface area contributed by atoms with Gasteiger partial charge in [0.1, 0.15) is 6.11 Å². The zero-order valence-corrected chi connectivity index (χ0v) is 7.13. The van der Waals surface area contributed by atoms with Crippen LogP contribution in [0.25, 0.3) is 0 Å². The van der Waals surface area contributed by atoms with E-state index in [2.05, 4.69) is 12.0 Å². The molecule has 0 heterocycles. The molecular formula is C10H10O2. The van der Waals surface area contributed by atoms with Crippen molar-refractivity contribution in [3.63, 3.8) is 0 Å². The second kappa shape index (κ2) is 4.30. The van der Waals surface area contributed by atoms with Gasteiger partial charge in [0.05, 0.1) is 7.11 Å². The van der Waals surface area contributed by atoms with Crippen molar-refractivity contribution in [3.8, 4) is 23.5 Å². The monoisotopic (exact) mass is 162 g/mol. The van der Waals surface area contributed by atoms with Gasteiger partial charge in [-0.15, -0.1) is 0 Å². The Bertz CT molecular complexity index is 307. The molecule has 0 N–H and O–H groups in total. The summed E-state index contributed by atoms with van der Waals surface area (Å²) in [5, 5.41) is 0. The normalized spacial score (nSPS) is 8.17. The Labute approximate surface area is 72.1 Å². The number of hydrogen-bond acceptors (Lipinski definition) is 2.